The van der Waals surface area contributed by atoms with E-state index in [0.29, 0.717) is 11.8 Å². The lowest BCUT2D eigenvalue weighted by Crippen LogP contribution is -1.77. The van der Waals surface area contributed by atoms with Gasteiger partial charge in [0, 0.05) is 0 Å². The fraction of sp³-hybridized carbons (Fsp3) is 0.100. The first-order chi connectivity index (χ1) is 5.84. The molecule has 0 spiro atoms. The van der Waals surface area contributed by atoms with Crippen LogP contribution < -0.4 is 0 Å². The first-order valence-corrected chi connectivity index (χ1v) is 3.73. The second-order valence-corrected chi connectivity index (χ2v) is 2.38. The van der Waals surface area contributed by atoms with E-state index in [1.54, 1.807) is 18.2 Å². The standard InChI is InChI=1S/C7H6O2.C3H4/c8-5-6-3-1-2-4-7(6)9;1-2-3-1/h1-5,9H;1-2H,3H2. The molecule has 2 nitrogen and oxygen atoms in total. The fourth-order valence-electron chi connectivity index (χ4n) is 0.587. The van der Waals surface area contributed by atoms with Crippen molar-refractivity contribution < 1.29 is 9.90 Å². The lowest BCUT2D eigenvalue weighted by molar-refractivity contribution is 0.112. The van der Waals surface area contributed by atoms with Gasteiger partial charge in [0.25, 0.3) is 0 Å². The van der Waals surface area contributed by atoms with Crippen LogP contribution in [-0.4, -0.2) is 11.4 Å². The Hall–Kier alpha value is -1.57. The molecule has 0 fully saturated rings. The van der Waals surface area contributed by atoms with Crippen LogP contribution in [0.25, 0.3) is 0 Å². The van der Waals surface area contributed by atoms with E-state index in [1.165, 1.54) is 12.5 Å². The summed E-state index contributed by atoms with van der Waals surface area (Å²) in [6.45, 7) is 0. The molecule has 0 saturated heterocycles. The number of allylic oxidation sites excluding steroid dienone is 2. The molecule has 0 atom stereocenters. The zero-order valence-corrected chi connectivity index (χ0v) is 6.60. The molecule has 1 aliphatic rings. The van der Waals surface area contributed by atoms with E-state index in [9.17, 15) is 4.79 Å². The first-order valence-electron chi connectivity index (χ1n) is 3.73. The van der Waals surface area contributed by atoms with E-state index in [2.05, 4.69) is 12.2 Å². The highest BCUT2D eigenvalue weighted by molar-refractivity contribution is 5.78. The van der Waals surface area contributed by atoms with Gasteiger partial charge in [-0.15, -0.1) is 0 Å². The molecule has 0 bridgehead atoms. The highest BCUT2D eigenvalue weighted by atomic mass is 16.3. The zero-order chi connectivity index (χ0) is 8.81. The van der Waals surface area contributed by atoms with Crippen molar-refractivity contribution in [1.82, 2.24) is 0 Å². The van der Waals surface area contributed by atoms with Gasteiger partial charge in [-0.2, -0.15) is 0 Å². The summed E-state index contributed by atoms with van der Waals surface area (Å²) in [5.41, 5.74) is 0.331. The maximum atomic E-state index is 10.1. The molecule has 0 amide bonds. The van der Waals surface area contributed by atoms with Crippen LogP contribution in [0, 0.1) is 0 Å². The number of para-hydroxylation sites is 1. The Balaban J connectivity index is 0.000000200. The Kier molecular flexibility index (Phi) is 3.08. The molecule has 0 saturated carbocycles. The van der Waals surface area contributed by atoms with E-state index >= 15 is 0 Å². The van der Waals surface area contributed by atoms with Gasteiger partial charge in [-0.3, -0.25) is 4.79 Å². The molecule has 1 aromatic carbocycles. The number of hydrogen-bond donors (Lipinski definition) is 1. The third-order valence-electron chi connectivity index (χ3n) is 1.30. The van der Waals surface area contributed by atoms with Gasteiger partial charge in [-0.25, -0.2) is 0 Å². The van der Waals surface area contributed by atoms with E-state index in [1.807, 2.05) is 0 Å². The van der Waals surface area contributed by atoms with Crippen molar-refractivity contribution in [2.45, 2.75) is 6.42 Å². The summed E-state index contributed by atoms with van der Waals surface area (Å²) in [5, 5.41) is 8.88. The molecule has 2 heteroatoms. The molecular formula is C10H10O2. The number of carbonyl (C=O) groups is 1. The number of aldehydes is 1. The SMILES string of the molecule is C1=CC1.O=Cc1ccccc1O. The van der Waals surface area contributed by atoms with E-state index in [0.717, 1.165) is 0 Å². The molecule has 0 unspecified atom stereocenters. The minimum atomic E-state index is 0.0347. The van der Waals surface area contributed by atoms with E-state index < -0.39 is 0 Å². The number of rotatable bonds is 1. The molecule has 0 radical (unpaired) electrons. The van der Waals surface area contributed by atoms with Crippen molar-refractivity contribution in [1.29, 1.82) is 0 Å². The van der Waals surface area contributed by atoms with Crippen molar-refractivity contribution in [3.63, 3.8) is 0 Å². The minimum Gasteiger partial charge on any atom is -0.507 e. The van der Waals surface area contributed by atoms with Crippen LogP contribution in [0.15, 0.2) is 36.4 Å². The Morgan fingerprint density at radius 3 is 2.17 bits per heavy atom. The smallest absolute Gasteiger partial charge is 0.153 e. The molecule has 0 aromatic heterocycles. The molecule has 2 rings (SSSR count). The van der Waals surface area contributed by atoms with Gasteiger partial charge in [-0.1, -0.05) is 24.3 Å². The van der Waals surface area contributed by atoms with Gasteiger partial charge in [0.1, 0.15) is 5.75 Å². The molecule has 0 heterocycles. The summed E-state index contributed by atoms with van der Waals surface area (Å²) in [6.07, 6.45) is 6.12. The Morgan fingerprint density at radius 1 is 1.25 bits per heavy atom. The van der Waals surface area contributed by atoms with Gasteiger partial charge >= 0.3 is 0 Å². The lowest BCUT2D eigenvalue weighted by Gasteiger charge is -1.91. The average Bonchev–Trinajstić information content (AvgIpc) is 2.91. The zero-order valence-electron chi connectivity index (χ0n) is 6.60. The fourth-order valence-corrected chi connectivity index (χ4v) is 0.587. The van der Waals surface area contributed by atoms with E-state index in [4.69, 9.17) is 5.11 Å². The minimum absolute atomic E-state index is 0.0347. The second kappa shape index (κ2) is 4.34. The van der Waals surface area contributed by atoms with Crippen molar-refractivity contribution in [2.24, 2.45) is 0 Å². The number of carbonyl (C=O) groups excluding carboxylic acids is 1. The largest absolute Gasteiger partial charge is 0.507 e. The van der Waals surface area contributed by atoms with Crippen LogP contribution in [0.2, 0.25) is 0 Å². The Morgan fingerprint density at radius 2 is 1.83 bits per heavy atom. The highest BCUT2D eigenvalue weighted by Crippen LogP contribution is 2.11. The van der Waals surface area contributed by atoms with Crippen molar-refractivity contribution in [3.05, 3.63) is 42.0 Å². The normalized spacial score (nSPS) is 11.3. The number of benzene rings is 1. The molecule has 12 heavy (non-hydrogen) atoms. The summed E-state index contributed by atoms with van der Waals surface area (Å²) < 4.78 is 0. The number of hydrogen-bond acceptors (Lipinski definition) is 2. The topological polar surface area (TPSA) is 37.3 Å². The average molecular weight is 162 g/mol. The maximum absolute atomic E-state index is 10.1. The maximum Gasteiger partial charge on any atom is 0.153 e. The van der Waals surface area contributed by atoms with Gasteiger partial charge < -0.3 is 5.11 Å². The molecule has 62 valence electrons. The van der Waals surface area contributed by atoms with Crippen molar-refractivity contribution in [2.75, 3.05) is 0 Å². The van der Waals surface area contributed by atoms with Crippen LogP contribution in [0.5, 0.6) is 5.75 Å². The summed E-state index contributed by atoms with van der Waals surface area (Å²) in [6, 6.07) is 6.40. The van der Waals surface area contributed by atoms with Crippen molar-refractivity contribution >= 4 is 6.29 Å². The summed E-state index contributed by atoms with van der Waals surface area (Å²) in [5.74, 6) is 0.0347. The predicted molar refractivity (Wildman–Crippen MR) is 47.3 cm³/mol. The lowest BCUT2D eigenvalue weighted by atomic mass is 10.2. The molecular weight excluding hydrogens is 152 g/mol. The van der Waals surface area contributed by atoms with Gasteiger partial charge in [-0.05, 0) is 18.6 Å². The van der Waals surface area contributed by atoms with Crippen LogP contribution >= 0.6 is 0 Å². The van der Waals surface area contributed by atoms with Gasteiger partial charge in [0.05, 0.1) is 5.56 Å². The Labute approximate surface area is 71.2 Å². The highest BCUT2D eigenvalue weighted by Gasteiger charge is 1.93. The van der Waals surface area contributed by atoms with Crippen LogP contribution in [0.1, 0.15) is 16.8 Å². The van der Waals surface area contributed by atoms with Crippen LogP contribution in [-0.2, 0) is 0 Å². The van der Waals surface area contributed by atoms with E-state index in [-0.39, 0.29) is 5.75 Å². The van der Waals surface area contributed by atoms with Gasteiger partial charge in [0.15, 0.2) is 6.29 Å². The molecule has 0 aliphatic heterocycles. The van der Waals surface area contributed by atoms with Crippen LogP contribution in [0.3, 0.4) is 0 Å². The van der Waals surface area contributed by atoms with Crippen LogP contribution in [0.4, 0.5) is 0 Å². The predicted octanol–water partition coefficient (Wildman–Crippen LogP) is 2.15. The summed E-state index contributed by atoms with van der Waals surface area (Å²) >= 11 is 0. The molecule has 1 aliphatic carbocycles. The monoisotopic (exact) mass is 162 g/mol. The third-order valence-corrected chi connectivity index (χ3v) is 1.30. The second-order valence-electron chi connectivity index (χ2n) is 2.38. The quantitative estimate of drug-likeness (QED) is 0.507. The van der Waals surface area contributed by atoms with Crippen molar-refractivity contribution in [3.8, 4) is 5.75 Å². The Bertz CT molecular complexity index is 286. The number of aromatic hydroxyl groups is 1. The number of phenols is 1. The number of phenolic OH excluding ortho intramolecular Hbond substituents is 1. The summed E-state index contributed by atoms with van der Waals surface area (Å²) in [4.78, 5) is 10.1. The molecule has 1 aromatic rings. The van der Waals surface area contributed by atoms with Gasteiger partial charge in [0.2, 0.25) is 0 Å². The molecule has 1 N–H and O–H groups in total. The summed E-state index contributed by atoms with van der Waals surface area (Å²) in [7, 11) is 0. The third kappa shape index (κ3) is 3.01. The first kappa shape index (κ1) is 8.53.